The topological polar surface area (TPSA) is 29.1 Å². The van der Waals surface area contributed by atoms with E-state index in [1.54, 1.807) is 18.3 Å². The number of rotatable bonds is 3. The maximum atomic E-state index is 12.6. The molecule has 0 aliphatic heterocycles. The van der Waals surface area contributed by atoms with Crippen molar-refractivity contribution in [3.8, 4) is 0 Å². The predicted molar refractivity (Wildman–Crippen MR) is 63.5 cm³/mol. The zero-order valence-corrected chi connectivity index (χ0v) is 10.8. The molecule has 2 nitrogen and oxygen atoms in total. The summed E-state index contributed by atoms with van der Waals surface area (Å²) in [5, 5.41) is 1.76. The molecule has 0 aliphatic rings. The van der Waals surface area contributed by atoms with Gasteiger partial charge in [-0.3, -0.25) is 4.79 Å². The Hall–Kier alpha value is -0.860. The first-order chi connectivity index (χ1) is 7.75. The smallest absolute Gasteiger partial charge is 0.321 e. The van der Waals surface area contributed by atoms with Crippen LogP contribution in [0.15, 0.2) is 18.2 Å². The van der Waals surface area contributed by atoms with Gasteiger partial charge in [0.2, 0.25) is 0 Å². The zero-order valence-electron chi connectivity index (χ0n) is 8.61. The van der Waals surface area contributed by atoms with Gasteiger partial charge in [-0.05, 0) is 47.2 Å². The van der Waals surface area contributed by atoms with Gasteiger partial charge in [-0.2, -0.15) is 8.78 Å². The van der Waals surface area contributed by atoms with Gasteiger partial charge in [-0.25, -0.2) is 8.78 Å². The van der Waals surface area contributed by atoms with Crippen LogP contribution >= 0.6 is 22.6 Å². The van der Waals surface area contributed by atoms with Crippen LogP contribution in [-0.4, -0.2) is 18.3 Å². The third-order valence-corrected chi connectivity index (χ3v) is 3.17. The van der Waals surface area contributed by atoms with Crippen LogP contribution in [0.3, 0.4) is 0 Å². The number of amides is 1. The van der Waals surface area contributed by atoms with Crippen LogP contribution in [0.4, 0.5) is 23.2 Å². The largest absolute Gasteiger partial charge is 0.383 e. The molecular weight excluding hydrogens is 353 g/mol. The summed E-state index contributed by atoms with van der Waals surface area (Å²) >= 11 is 1.94. The third kappa shape index (κ3) is 3.30. The number of anilines is 1. The SMILES string of the molecule is Cc1ccc(NC(=O)C(F)(F)C(F)F)cc1I. The molecule has 0 unspecified atom stereocenters. The van der Waals surface area contributed by atoms with Crippen molar-refractivity contribution in [2.45, 2.75) is 19.3 Å². The van der Waals surface area contributed by atoms with Crippen molar-refractivity contribution >= 4 is 34.2 Å². The van der Waals surface area contributed by atoms with Gasteiger partial charge >= 0.3 is 18.3 Å². The predicted octanol–water partition coefficient (Wildman–Crippen LogP) is 3.44. The molecule has 0 aliphatic carbocycles. The second kappa shape index (κ2) is 5.19. The summed E-state index contributed by atoms with van der Waals surface area (Å²) in [7, 11) is 0. The highest BCUT2D eigenvalue weighted by Gasteiger charge is 2.48. The molecule has 1 amide bonds. The molecule has 0 fully saturated rings. The van der Waals surface area contributed by atoms with Crippen molar-refractivity contribution in [3.63, 3.8) is 0 Å². The van der Waals surface area contributed by atoms with E-state index in [2.05, 4.69) is 0 Å². The van der Waals surface area contributed by atoms with Gasteiger partial charge < -0.3 is 5.32 Å². The van der Waals surface area contributed by atoms with Crippen molar-refractivity contribution in [1.29, 1.82) is 0 Å². The van der Waals surface area contributed by atoms with Crippen LogP contribution in [0.2, 0.25) is 0 Å². The Balaban J connectivity index is 2.85. The minimum absolute atomic E-state index is 0.0605. The quantitative estimate of drug-likeness (QED) is 0.649. The Kier molecular flexibility index (Phi) is 4.34. The molecule has 0 atom stereocenters. The number of halogens is 5. The molecule has 0 spiro atoms. The van der Waals surface area contributed by atoms with Crippen molar-refractivity contribution in [2.24, 2.45) is 0 Å². The average Bonchev–Trinajstić information content (AvgIpc) is 2.23. The zero-order chi connectivity index (χ0) is 13.2. The number of hydrogen-bond acceptors (Lipinski definition) is 1. The lowest BCUT2D eigenvalue weighted by Gasteiger charge is -2.15. The van der Waals surface area contributed by atoms with Gasteiger partial charge in [-0.15, -0.1) is 0 Å². The van der Waals surface area contributed by atoms with Crippen LogP contribution < -0.4 is 5.32 Å². The van der Waals surface area contributed by atoms with E-state index in [4.69, 9.17) is 0 Å². The monoisotopic (exact) mass is 361 g/mol. The second-order valence-corrected chi connectivity index (χ2v) is 4.50. The average molecular weight is 361 g/mol. The highest BCUT2D eigenvalue weighted by atomic mass is 127. The lowest BCUT2D eigenvalue weighted by Crippen LogP contribution is -2.40. The van der Waals surface area contributed by atoms with E-state index in [1.165, 1.54) is 12.1 Å². The maximum absolute atomic E-state index is 12.6. The van der Waals surface area contributed by atoms with Crippen LogP contribution in [-0.2, 0) is 4.79 Å². The van der Waals surface area contributed by atoms with Gasteiger partial charge in [0.15, 0.2) is 0 Å². The molecule has 1 aromatic rings. The molecule has 0 radical (unpaired) electrons. The van der Waals surface area contributed by atoms with Crippen molar-refractivity contribution in [1.82, 2.24) is 0 Å². The fourth-order valence-electron chi connectivity index (χ4n) is 0.984. The Morgan fingerprint density at radius 3 is 2.47 bits per heavy atom. The molecule has 1 N–H and O–H groups in total. The normalized spacial score (nSPS) is 11.7. The van der Waals surface area contributed by atoms with Gasteiger partial charge in [-0.1, -0.05) is 6.07 Å². The fraction of sp³-hybridized carbons (Fsp3) is 0.300. The van der Waals surface area contributed by atoms with Gasteiger partial charge in [0.1, 0.15) is 0 Å². The van der Waals surface area contributed by atoms with Crippen molar-refractivity contribution in [3.05, 3.63) is 27.3 Å². The Labute approximate surface area is 109 Å². The number of carbonyl (C=O) groups is 1. The standard InChI is InChI=1S/C10H8F4INO/c1-5-2-3-6(4-7(5)15)16-9(17)10(13,14)8(11)12/h2-4,8H,1H3,(H,16,17). The Bertz CT molecular complexity index is 436. The van der Waals surface area contributed by atoms with Gasteiger partial charge in [0.25, 0.3) is 0 Å². The molecule has 0 aromatic heterocycles. The van der Waals surface area contributed by atoms with Crippen LogP contribution in [0.5, 0.6) is 0 Å². The number of nitrogens with one attached hydrogen (secondary N) is 1. The summed E-state index contributed by atoms with van der Waals surface area (Å²) in [5.41, 5.74) is 0.953. The number of carbonyl (C=O) groups excluding carboxylic acids is 1. The second-order valence-electron chi connectivity index (χ2n) is 3.34. The first-order valence-electron chi connectivity index (χ1n) is 4.48. The summed E-state index contributed by atoms with van der Waals surface area (Å²) in [6.07, 6.45) is -4.02. The highest BCUT2D eigenvalue weighted by molar-refractivity contribution is 14.1. The maximum Gasteiger partial charge on any atom is 0.383 e. The molecule has 0 saturated heterocycles. The molecule has 17 heavy (non-hydrogen) atoms. The van der Waals surface area contributed by atoms with E-state index < -0.39 is 18.3 Å². The summed E-state index contributed by atoms with van der Waals surface area (Å²) in [5.74, 6) is -6.69. The van der Waals surface area contributed by atoms with Gasteiger partial charge in [0.05, 0.1) is 0 Å². The molecule has 0 bridgehead atoms. The molecule has 0 heterocycles. The fourth-order valence-corrected chi connectivity index (χ4v) is 1.50. The third-order valence-electron chi connectivity index (χ3n) is 2.01. The minimum Gasteiger partial charge on any atom is -0.321 e. The van der Waals surface area contributed by atoms with E-state index in [0.717, 1.165) is 9.13 Å². The van der Waals surface area contributed by atoms with Crippen LogP contribution in [0.25, 0.3) is 0 Å². The molecule has 1 aromatic carbocycles. The molecular formula is C10H8F4INO. The molecule has 94 valence electrons. The summed E-state index contributed by atoms with van der Waals surface area (Å²) < 4.78 is 49.8. The van der Waals surface area contributed by atoms with Crippen molar-refractivity contribution in [2.75, 3.05) is 5.32 Å². The van der Waals surface area contributed by atoms with Crippen LogP contribution in [0.1, 0.15) is 5.56 Å². The lowest BCUT2D eigenvalue weighted by molar-refractivity contribution is -0.163. The number of benzene rings is 1. The van der Waals surface area contributed by atoms with Crippen molar-refractivity contribution < 1.29 is 22.4 Å². The Morgan fingerprint density at radius 2 is 2.00 bits per heavy atom. The number of alkyl halides is 4. The van der Waals surface area contributed by atoms with Crippen LogP contribution in [0, 0.1) is 10.5 Å². The summed E-state index contributed by atoms with van der Waals surface area (Å²) in [6, 6.07) is 4.39. The van der Waals surface area contributed by atoms with E-state index in [9.17, 15) is 22.4 Å². The number of aryl methyl sites for hydroxylation is 1. The Morgan fingerprint density at radius 1 is 1.41 bits per heavy atom. The van der Waals surface area contributed by atoms with E-state index >= 15 is 0 Å². The lowest BCUT2D eigenvalue weighted by atomic mass is 10.2. The van der Waals surface area contributed by atoms with E-state index in [1.807, 2.05) is 22.6 Å². The first-order valence-corrected chi connectivity index (χ1v) is 5.56. The number of hydrogen-bond donors (Lipinski definition) is 1. The highest BCUT2D eigenvalue weighted by Crippen LogP contribution is 2.25. The molecule has 7 heteroatoms. The molecule has 0 saturated carbocycles. The van der Waals surface area contributed by atoms with E-state index in [0.29, 0.717) is 0 Å². The summed E-state index contributed by atoms with van der Waals surface area (Å²) in [4.78, 5) is 10.9. The van der Waals surface area contributed by atoms with Gasteiger partial charge in [0, 0.05) is 9.26 Å². The summed E-state index contributed by atoms with van der Waals surface area (Å²) in [6.45, 7) is 1.79. The molecule has 1 rings (SSSR count). The minimum atomic E-state index is -4.68. The first kappa shape index (κ1) is 14.2. The van der Waals surface area contributed by atoms with E-state index in [-0.39, 0.29) is 5.69 Å².